The number of benzene rings is 1. The van der Waals surface area contributed by atoms with Gasteiger partial charge in [-0.25, -0.2) is 4.79 Å². The summed E-state index contributed by atoms with van der Waals surface area (Å²) in [7, 11) is 0. The molecule has 1 N–H and O–H groups in total. The van der Waals surface area contributed by atoms with Gasteiger partial charge in [0.2, 0.25) is 0 Å². The van der Waals surface area contributed by atoms with Crippen LogP contribution in [0.15, 0.2) is 18.2 Å². The molecule has 3 nitrogen and oxygen atoms in total. The number of carbonyl (C=O) groups is 1. The van der Waals surface area contributed by atoms with Crippen molar-refractivity contribution in [3.8, 4) is 0 Å². The summed E-state index contributed by atoms with van der Waals surface area (Å²) in [5.41, 5.74) is 2.83. The molecule has 1 aromatic carbocycles. The third-order valence-electron chi connectivity index (χ3n) is 2.26. The van der Waals surface area contributed by atoms with Crippen molar-refractivity contribution < 1.29 is 14.6 Å². The maximum absolute atomic E-state index is 11.1. The summed E-state index contributed by atoms with van der Waals surface area (Å²) < 4.78 is 5.35. The minimum Gasteiger partial charge on any atom is -0.479 e. The molecule has 0 aliphatic heterocycles. The molecule has 3 heteroatoms. The van der Waals surface area contributed by atoms with Crippen molar-refractivity contribution in [2.75, 3.05) is 6.61 Å². The largest absolute Gasteiger partial charge is 0.479 e. The van der Waals surface area contributed by atoms with E-state index in [4.69, 9.17) is 9.84 Å². The summed E-state index contributed by atoms with van der Waals surface area (Å²) in [6.07, 6.45) is -0.0345. The summed E-state index contributed by atoms with van der Waals surface area (Å²) in [5, 5.41) is 9.11. The van der Waals surface area contributed by atoms with Crippen LogP contribution in [0, 0.1) is 13.8 Å². The van der Waals surface area contributed by atoms with E-state index in [9.17, 15) is 4.79 Å². The Labute approximate surface area is 96.1 Å². The Balaban J connectivity index is 2.96. The van der Waals surface area contributed by atoms with Gasteiger partial charge in [0.25, 0.3) is 0 Å². The fraction of sp³-hybridized carbons (Fsp3) is 0.462. The number of rotatable bonds is 5. The molecular weight excluding hydrogens is 204 g/mol. The SMILES string of the molecule is CCCOC(C(=O)O)c1cc(C)cc(C)c1. The zero-order valence-electron chi connectivity index (χ0n) is 9.99. The highest BCUT2D eigenvalue weighted by atomic mass is 16.5. The third-order valence-corrected chi connectivity index (χ3v) is 2.26. The van der Waals surface area contributed by atoms with Crippen LogP contribution < -0.4 is 0 Å². The number of aryl methyl sites for hydroxylation is 2. The third kappa shape index (κ3) is 3.35. The minimum atomic E-state index is -0.932. The first kappa shape index (κ1) is 12.7. The molecule has 0 aromatic heterocycles. The van der Waals surface area contributed by atoms with Crippen LogP contribution in [-0.2, 0) is 9.53 Å². The number of hydrogen-bond acceptors (Lipinski definition) is 2. The quantitative estimate of drug-likeness (QED) is 0.833. The van der Waals surface area contributed by atoms with Crippen molar-refractivity contribution >= 4 is 5.97 Å². The number of aliphatic carboxylic acids is 1. The van der Waals surface area contributed by atoms with Gasteiger partial charge in [-0.15, -0.1) is 0 Å². The van der Waals surface area contributed by atoms with Crippen LogP contribution >= 0.6 is 0 Å². The zero-order valence-corrected chi connectivity index (χ0v) is 9.99. The van der Waals surface area contributed by atoms with Gasteiger partial charge in [0, 0.05) is 6.61 Å². The van der Waals surface area contributed by atoms with Crippen LogP contribution in [0.25, 0.3) is 0 Å². The highest BCUT2D eigenvalue weighted by Gasteiger charge is 2.20. The Morgan fingerprint density at radius 2 is 1.88 bits per heavy atom. The number of hydrogen-bond donors (Lipinski definition) is 1. The first-order chi connectivity index (χ1) is 7.54. The molecule has 0 spiro atoms. The number of ether oxygens (including phenoxy) is 1. The highest BCUT2D eigenvalue weighted by molar-refractivity contribution is 5.74. The average Bonchev–Trinajstić information content (AvgIpc) is 2.16. The average molecular weight is 222 g/mol. The van der Waals surface area contributed by atoms with Crippen molar-refractivity contribution in [2.45, 2.75) is 33.3 Å². The fourth-order valence-corrected chi connectivity index (χ4v) is 1.71. The van der Waals surface area contributed by atoms with Gasteiger partial charge in [0.1, 0.15) is 0 Å². The van der Waals surface area contributed by atoms with Crippen LogP contribution in [0.4, 0.5) is 0 Å². The van der Waals surface area contributed by atoms with Gasteiger partial charge in [-0.2, -0.15) is 0 Å². The van der Waals surface area contributed by atoms with E-state index in [1.807, 2.05) is 39.0 Å². The minimum absolute atomic E-state index is 0.462. The highest BCUT2D eigenvalue weighted by Crippen LogP contribution is 2.21. The molecule has 1 atom stereocenters. The lowest BCUT2D eigenvalue weighted by Crippen LogP contribution is -2.16. The Bertz CT molecular complexity index is 351. The monoisotopic (exact) mass is 222 g/mol. The molecule has 0 aliphatic carbocycles. The van der Waals surface area contributed by atoms with E-state index in [1.54, 1.807) is 0 Å². The van der Waals surface area contributed by atoms with Crippen LogP contribution in [-0.4, -0.2) is 17.7 Å². The van der Waals surface area contributed by atoms with Crippen molar-refractivity contribution in [1.29, 1.82) is 0 Å². The second-order valence-electron chi connectivity index (χ2n) is 4.01. The molecule has 1 aromatic rings. The first-order valence-electron chi connectivity index (χ1n) is 5.47. The van der Waals surface area contributed by atoms with Gasteiger partial charge in [-0.1, -0.05) is 36.2 Å². The van der Waals surface area contributed by atoms with E-state index in [0.717, 1.165) is 23.1 Å². The molecule has 0 fully saturated rings. The summed E-state index contributed by atoms with van der Waals surface area (Å²) in [5.74, 6) is -0.932. The van der Waals surface area contributed by atoms with Crippen LogP contribution in [0.2, 0.25) is 0 Å². The maximum Gasteiger partial charge on any atom is 0.337 e. The Morgan fingerprint density at radius 1 is 1.31 bits per heavy atom. The standard InChI is InChI=1S/C13H18O3/c1-4-5-16-12(13(14)15)11-7-9(2)6-10(3)8-11/h6-8,12H,4-5H2,1-3H3,(H,14,15). The van der Waals surface area contributed by atoms with Gasteiger partial charge >= 0.3 is 5.97 Å². The van der Waals surface area contributed by atoms with E-state index < -0.39 is 12.1 Å². The van der Waals surface area contributed by atoms with E-state index in [-0.39, 0.29) is 0 Å². The Morgan fingerprint density at radius 3 is 2.31 bits per heavy atom. The van der Waals surface area contributed by atoms with Crippen LogP contribution in [0.1, 0.15) is 36.1 Å². The lowest BCUT2D eigenvalue weighted by molar-refractivity contribution is -0.150. The maximum atomic E-state index is 11.1. The number of carboxylic acids is 1. The molecule has 0 saturated heterocycles. The molecule has 1 unspecified atom stereocenters. The summed E-state index contributed by atoms with van der Waals surface area (Å²) in [6.45, 7) is 6.33. The second kappa shape index (κ2) is 5.66. The van der Waals surface area contributed by atoms with Gasteiger partial charge in [-0.05, 0) is 25.8 Å². The van der Waals surface area contributed by atoms with E-state index in [1.165, 1.54) is 0 Å². The van der Waals surface area contributed by atoms with Gasteiger partial charge in [0.05, 0.1) is 0 Å². The van der Waals surface area contributed by atoms with Crippen LogP contribution in [0.3, 0.4) is 0 Å². The lowest BCUT2D eigenvalue weighted by atomic mass is 10.0. The van der Waals surface area contributed by atoms with E-state index in [2.05, 4.69) is 0 Å². The molecule has 88 valence electrons. The van der Waals surface area contributed by atoms with Crippen molar-refractivity contribution in [1.82, 2.24) is 0 Å². The summed E-state index contributed by atoms with van der Waals surface area (Å²) >= 11 is 0. The van der Waals surface area contributed by atoms with Crippen molar-refractivity contribution in [3.63, 3.8) is 0 Å². The van der Waals surface area contributed by atoms with Crippen molar-refractivity contribution in [3.05, 3.63) is 34.9 Å². The van der Waals surface area contributed by atoms with E-state index in [0.29, 0.717) is 6.61 Å². The second-order valence-corrected chi connectivity index (χ2v) is 4.01. The zero-order chi connectivity index (χ0) is 12.1. The molecule has 0 aliphatic rings. The molecule has 0 radical (unpaired) electrons. The van der Waals surface area contributed by atoms with Crippen molar-refractivity contribution in [2.24, 2.45) is 0 Å². The van der Waals surface area contributed by atoms with Gasteiger partial charge in [-0.3, -0.25) is 0 Å². The lowest BCUT2D eigenvalue weighted by Gasteiger charge is -2.14. The van der Waals surface area contributed by atoms with Gasteiger partial charge in [0.15, 0.2) is 6.10 Å². The fourth-order valence-electron chi connectivity index (χ4n) is 1.71. The summed E-state index contributed by atoms with van der Waals surface area (Å²) in [4.78, 5) is 11.1. The molecule has 1 rings (SSSR count). The van der Waals surface area contributed by atoms with E-state index >= 15 is 0 Å². The predicted octanol–water partition coefficient (Wildman–Crippen LogP) is 2.86. The normalized spacial score (nSPS) is 12.4. The van der Waals surface area contributed by atoms with Gasteiger partial charge < -0.3 is 9.84 Å². The molecule has 0 heterocycles. The number of carboxylic acid groups (broad SMARTS) is 1. The summed E-state index contributed by atoms with van der Waals surface area (Å²) in [6, 6.07) is 5.74. The molecular formula is C13H18O3. The Hall–Kier alpha value is -1.35. The van der Waals surface area contributed by atoms with Crippen LogP contribution in [0.5, 0.6) is 0 Å². The molecule has 16 heavy (non-hydrogen) atoms. The predicted molar refractivity (Wildman–Crippen MR) is 62.5 cm³/mol. The first-order valence-corrected chi connectivity index (χ1v) is 5.47. The Kier molecular flexibility index (Phi) is 4.50. The molecule has 0 saturated carbocycles. The molecule has 0 amide bonds. The molecule has 0 bridgehead atoms. The smallest absolute Gasteiger partial charge is 0.337 e. The topological polar surface area (TPSA) is 46.5 Å².